The van der Waals surface area contributed by atoms with Gasteiger partial charge in [-0.1, -0.05) is 30.3 Å². The van der Waals surface area contributed by atoms with Gasteiger partial charge in [-0.2, -0.15) is 5.10 Å². The molecule has 0 saturated carbocycles. The second-order valence-electron chi connectivity index (χ2n) is 7.23. The Bertz CT molecular complexity index is 886. The van der Waals surface area contributed by atoms with Gasteiger partial charge in [-0.15, -0.1) is 0 Å². The quantitative estimate of drug-likeness (QED) is 0.718. The van der Waals surface area contributed by atoms with E-state index in [1.54, 1.807) is 6.20 Å². The monoisotopic (exact) mass is 375 g/mol. The van der Waals surface area contributed by atoms with E-state index in [-0.39, 0.29) is 5.91 Å². The Kier molecular flexibility index (Phi) is 5.77. The van der Waals surface area contributed by atoms with E-state index in [9.17, 15) is 4.79 Å². The molecule has 0 radical (unpaired) electrons. The maximum atomic E-state index is 12.4. The highest BCUT2D eigenvalue weighted by Crippen LogP contribution is 2.26. The van der Waals surface area contributed by atoms with Crippen LogP contribution in [-0.4, -0.2) is 38.7 Å². The summed E-state index contributed by atoms with van der Waals surface area (Å²) in [6, 6.07) is 16.1. The van der Waals surface area contributed by atoms with Crippen LogP contribution in [0.5, 0.6) is 0 Å². The Labute approximate surface area is 165 Å². The minimum absolute atomic E-state index is 0.0110. The number of amides is 1. The molecule has 144 valence electrons. The lowest BCUT2D eigenvalue weighted by Crippen LogP contribution is -2.35. The summed E-state index contributed by atoms with van der Waals surface area (Å²) in [5, 5.41) is 7.51. The van der Waals surface area contributed by atoms with E-state index in [4.69, 9.17) is 0 Å². The van der Waals surface area contributed by atoms with E-state index >= 15 is 0 Å². The third kappa shape index (κ3) is 4.64. The van der Waals surface area contributed by atoms with Crippen LogP contribution in [0.4, 0.5) is 5.82 Å². The fourth-order valence-electron chi connectivity index (χ4n) is 3.74. The van der Waals surface area contributed by atoms with Crippen LogP contribution in [-0.2, 0) is 17.8 Å². The van der Waals surface area contributed by atoms with E-state index in [0.717, 1.165) is 43.9 Å². The standard InChI is InChI=1S/C22H25N5O/c28-22(16-18-4-2-1-3-5-18)25-21-8-13-24-27(21)20-9-14-26(15-10-20)17-19-6-11-23-12-7-19/h1-8,11-13,20H,9-10,14-17H2,(H,25,28). The molecule has 6 nitrogen and oxygen atoms in total. The van der Waals surface area contributed by atoms with Crippen LogP contribution in [0.2, 0.25) is 0 Å². The molecule has 3 heterocycles. The second kappa shape index (κ2) is 8.80. The number of rotatable bonds is 6. The van der Waals surface area contributed by atoms with Gasteiger partial charge in [0.1, 0.15) is 5.82 Å². The average molecular weight is 375 g/mol. The lowest BCUT2D eigenvalue weighted by molar-refractivity contribution is -0.115. The molecule has 1 saturated heterocycles. The van der Waals surface area contributed by atoms with Gasteiger partial charge in [0.15, 0.2) is 0 Å². The van der Waals surface area contributed by atoms with E-state index in [1.165, 1.54) is 5.56 Å². The Morgan fingerprint density at radius 2 is 1.71 bits per heavy atom. The molecule has 6 heteroatoms. The summed E-state index contributed by atoms with van der Waals surface area (Å²) >= 11 is 0. The van der Waals surface area contributed by atoms with Gasteiger partial charge in [0, 0.05) is 38.1 Å². The lowest BCUT2D eigenvalue weighted by atomic mass is 10.0. The Hall–Kier alpha value is -2.99. The third-order valence-corrected chi connectivity index (χ3v) is 5.20. The van der Waals surface area contributed by atoms with Crippen LogP contribution in [0.1, 0.15) is 30.0 Å². The van der Waals surface area contributed by atoms with Crippen LogP contribution >= 0.6 is 0 Å². The highest BCUT2D eigenvalue weighted by Gasteiger charge is 2.23. The molecule has 1 aromatic carbocycles. The van der Waals surface area contributed by atoms with Crippen LogP contribution in [0.15, 0.2) is 67.1 Å². The van der Waals surface area contributed by atoms with Crippen molar-refractivity contribution in [3.8, 4) is 0 Å². The smallest absolute Gasteiger partial charge is 0.229 e. The predicted octanol–water partition coefficient (Wildman–Crippen LogP) is 3.30. The number of anilines is 1. The zero-order valence-corrected chi connectivity index (χ0v) is 15.9. The molecule has 1 fully saturated rings. The predicted molar refractivity (Wildman–Crippen MR) is 109 cm³/mol. The normalized spacial score (nSPS) is 15.4. The lowest BCUT2D eigenvalue weighted by Gasteiger charge is -2.32. The van der Waals surface area contributed by atoms with Crippen molar-refractivity contribution in [3.63, 3.8) is 0 Å². The van der Waals surface area contributed by atoms with Gasteiger partial charge in [0.2, 0.25) is 5.91 Å². The van der Waals surface area contributed by atoms with Gasteiger partial charge in [0.05, 0.1) is 18.7 Å². The molecular formula is C22H25N5O. The maximum Gasteiger partial charge on any atom is 0.229 e. The van der Waals surface area contributed by atoms with Gasteiger partial charge in [-0.3, -0.25) is 14.7 Å². The van der Waals surface area contributed by atoms with E-state index < -0.39 is 0 Å². The molecule has 28 heavy (non-hydrogen) atoms. The molecule has 1 amide bonds. The highest BCUT2D eigenvalue weighted by atomic mass is 16.1. The highest BCUT2D eigenvalue weighted by molar-refractivity contribution is 5.91. The molecule has 1 N–H and O–H groups in total. The number of carbonyl (C=O) groups excluding carboxylic acids is 1. The van der Waals surface area contributed by atoms with Crippen LogP contribution in [0, 0.1) is 0 Å². The molecule has 0 spiro atoms. The summed E-state index contributed by atoms with van der Waals surface area (Å²) in [4.78, 5) is 18.9. The van der Waals surface area contributed by atoms with Gasteiger partial charge in [-0.25, -0.2) is 4.68 Å². The number of nitrogens with zero attached hydrogens (tertiary/aromatic N) is 4. The summed E-state index contributed by atoms with van der Waals surface area (Å²) in [6.07, 6.45) is 7.87. The van der Waals surface area contributed by atoms with Crippen molar-refractivity contribution >= 4 is 11.7 Å². The second-order valence-corrected chi connectivity index (χ2v) is 7.23. The Morgan fingerprint density at radius 1 is 0.964 bits per heavy atom. The number of likely N-dealkylation sites (tertiary alicyclic amines) is 1. The Balaban J connectivity index is 1.32. The first-order chi connectivity index (χ1) is 13.8. The van der Waals surface area contributed by atoms with Crippen molar-refractivity contribution in [3.05, 3.63) is 78.2 Å². The van der Waals surface area contributed by atoms with Crippen LogP contribution in [0.25, 0.3) is 0 Å². The molecule has 1 aliphatic rings. The van der Waals surface area contributed by atoms with Crippen molar-refractivity contribution in [2.45, 2.75) is 31.8 Å². The van der Waals surface area contributed by atoms with Crippen molar-refractivity contribution in [1.29, 1.82) is 0 Å². The number of hydrogen-bond acceptors (Lipinski definition) is 4. The SMILES string of the molecule is O=C(Cc1ccccc1)Nc1ccnn1C1CCN(Cc2ccncc2)CC1. The molecule has 3 aromatic rings. The van der Waals surface area contributed by atoms with E-state index in [2.05, 4.69) is 32.4 Å². The Morgan fingerprint density at radius 3 is 2.46 bits per heavy atom. The zero-order valence-electron chi connectivity index (χ0n) is 15.9. The fraction of sp³-hybridized carbons (Fsp3) is 0.318. The van der Waals surface area contributed by atoms with Crippen molar-refractivity contribution in [2.75, 3.05) is 18.4 Å². The number of benzene rings is 1. The number of nitrogens with one attached hydrogen (secondary N) is 1. The van der Waals surface area contributed by atoms with Crippen LogP contribution < -0.4 is 5.32 Å². The third-order valence-electron chi connectivity index (χ3n) is 5.20. The molecule has 0 aliphatic carbocycles. The summed E-state index contributed by atoms with van der Waals surface area (Å²) in [5.41, 5.74) is 2.30. The molecule has 1 aliphatic heterocycles. The summed E-state index contributed by atoms with van der Waals surface area (Å²) < 4.78 is 1.98. The van der Waals surface area contributed by atoms with Crippen LogP contribution in [0.3, 0.4) is 0 Å². The average Bonchev–Trinajstić information content (AvgIpc) is 3.18. The van der Waals surface area contributed by atoms with Gasteiger partial charge >= 0.3 is 0 Å². The number of pyridine rings is 1. The number of piperidine rings is 1. The summed E-state index contributed by atoms with van der Waals surface area (Å²) in [5.74, 6) is 0.775. The first-order valence-electron chi connectivity index (χ1n) is 9.76. The molecular weight excluding hydrogens is 350 g/mol. The largest absolute Gasteiger partial charge is 0.311 e. The van der Waals surface area contributed by atoms with E-state index in [1.807, 2.05) is 53.5 Å². The van der Waals surface area contributed by atoms with E-state index in [0.29, 0.717) is 12.5 Å². The number of hydrogen-bond donors (Lipinski definition) is 1. The summed E-state index contributed by atoms with van der Waals surface area (Å²) in [6.45, 7) is 2.99. The van der Waals surface area contributed by atoms with Crippen molar-refractivity contribution in [2.24, 2.45) is 0 Å². The van der Waals surface area contributed by atoms with Crippen molar-refractivity contribution < 1.29 is 4.79 Å². The molecule has 0 atom stereocenters. The summed E-state index contributed by atoms with van der Waals surface area (Å²) in [7, 11) is 0. The minimum atomic E-state index is -0.0110. The van der Waals surface area contributed by atoms with Gasteiger partial charge in [-0.05, 0) is 36.1 Å². The van der Waals surface area contributed by atoms with Gasteiger partial charge in [0.25, 0.3) is 0 Å². The first-order valence-corrected chi connectivity index (χ1v) is 9.76. The molecule has 2 aromatic heterocycles. The zero-order chi connectivity index (χ0) is 19.2. The molecule has 0 bridgehead atoms. The minimum Gasteiger partial charge on any atom is -0.311 e. The molecule has 0 unspecified atom stereocenters. The first kappa shape index (κ1) is 18.4. The molecule has 4 rings (SSSR count). The fourth-order valence-corrected chi connectivity index (χ4v) is 3.74. The number of aromatic nitrogens is 3. The topological polar surface area (TPSA) is 63.1 Å². The van der Waals surface area contributed by atoms with Crippen molar-refractivity contribution in [1.82, 2.24) is 19.7 Å². The van der Waals surface area contributed by atoms with Gasteiger partial charge < -0.3 is 5.32 Å². The maximum absolute atomic E-state index is 12.4. The number of carbonyl (C=O) groups is 1.